The molecule has 0 saturated carbocycles. The second-order valence-electron chi connectivity index (χ2n) is 6.84. The van der Waals surface area contributed by atoms with Crippen LogP contribution >= 0.6 is 0 Å². The number of guanidine groups is 1. The highest BCUT2D eigenvalue weighted by molar-refractivity contribution is 5.84. The van der Waals surface area contributed by atoms with Crippen LogP contribution in [0.15, 0.2) is 35.3 Å². The molecule has 0 aromatic heterocycles. The standard InChI is InChI=1S/C20H34N4O2/c1-17(2)11-14-26-15-13-22-20(23-16-19(25)24(3)4)21-12-10-18-8-6-5-7-9-18/h5-9,17H,10-16H2,1-4H3,(H2,21,22,23). The molecule has 0 spiro atoms. The Labute approximate surface area is 158 Å². The molecular formula is C20H34N4O2. The lowest BCUT2D eigenvalue weighted by Crippen LogP contribution is -2.41. The van der Waals surface area contributed by atoms with E-state index in [9.17, 15) is 4.79 Å². The number of aliphatic imine (C=N–C) groups is 1. The summed E-state index contributed by atoms with van der Waals surface area (Å²) in [5.74, 6) is 1.27. The molecule has 0 saturated heterocycles. The fourth-order valence-corrected chi connectivity index (χ4v) is 2.10. The smallest absolute Gasteiger partial charge is 0.243 e. The third-order valence-corrected chi connectivity index (χ3v) is 3.80. The van der Waals surface area contributed by atoms with Gasteiger partial charge in [-0.1, -0.05) is 44.2 Å². The van der Waals surface area contributed by atoms with Gasteiger partial charge in [0.15, 0.2) is 5.96 Å². The topological polar surface area (TPSA) is 66.0 Å². The Morgan fingerprint density at radius 1 is 1.12 bits per heavy atom. The number of carbonyl (C=O) groups excluding carboxylic acids is 1. The largest absolute Gasteiger partial charge is 0.380 e. The summed E-state index contributed by atoms with van der Waals surface area (Å²) in [4.78, 5) is 17.7. The first-order valence-electron chi connectivity index (χ1n) is 9.33. The molecule has 0 aliphatic carbocycles. The molecule has 0 radical (unpaired) electrons. The Morgan fingerprint density at radius 3 is 2.46 bits per heavy atom. The molecule has 0 fully saturated rings. The molecule has 0 aliphatic rings. The van der Waals surface area contributed by atoms with E-state index in [0.717, 1.165) is 26.0 Å². The van der Waals surface area contributed by atoms with Crippen LogP contribution in [0.5, 0.6) is 0 Å². The quantitative estimate of drug-likeness (QED) is 0.359. The third-order valence-electron chi connectivity index (χ3n) is 3.80. The molecule has 146 valence electrons. The van der Waals surface area contributed by atoms with Crippen LogP contribution in [0.25, 0.3) is 0 Å². The molecule has 1 aromatic rings. The van der Waals surface area contributed by atoms with Crippen LogP contribution in [0.3, 0.4) is 0 Å². The average molecular weight is 363 g/mol. The van der Waals surface area contributed by atoms with Gasteiger partial charge in [-0.15, -0.1) is 0 Å². The van der Waals surface area contributed by atoms with E-state index in [1.165, 1.54) is 5.56 Å². The molecule has 1 rings (SSSR count). The van der Waals surface area contributed by atoms with Crippen molar-refractivity contribution in [3.05, 3.63) is 35.9 Å². The predicted octanol–water partition coefficient (Wildman–Crippen LogP) is 1.92. The van der Waals surface area contributed by atoms with Crippen LogP contribution < -0.4 is 10.6 Å². The summed E-state index contributed by atoms with van der Waals surface area (Å²) in [5, 5.41) is 6.52. The summed E-state index contributed by atoms with van der Waals surface area (Å²) >= 11 is 0. The number of likely N-dealkylation sites (N-methyl/N-ethyl adjacent to an activating group) is 1. The fraction of sp³-hybridized carbons (Fsp3) is 0.600. The predicted molar refractivity (Wildman–Crippen MR) is 107 cm³/mol. The Hall–Kier alpha value is -2.08. The Kier molecular flexibility index (Phi) is 11.1. The van der Waals surface area contributed by atoms with E-state index in [1.54, 1.807) is 19.0 Å². The van der Waals surface area contributed by atoms with E-state index in [-0.39, 0.29) is 12.5 Å². The molecule has 0 bridgehead atoms. The van der Waals surface area contributed by atoms with Crippen molar-refractivity contribution in [2.45, 2.75) is 26.7 Å². The minimum absolute atomic E-state index is 0.0256. The van der Waals surface area contributed by atoms with Crippen molar-refractivity contribution in [1.29, 1.82) is 0 Å². The zero-order valence-electron chi connectivity index (χ0n) is 16.6. The van der Waals surface area contributed by atoms with E-state index in [4.69, 9.17) is 4.74 Å². The monoisotopic (exact) mass is 362 g/mol. The van der Waals surface area contributed by atoms with E-state index in [2.05, 4.69) is 41.6 Å². The first-order valence-corrected chi connectivity index (χ1v) is 9.33. The number of benzene rings is 1. The van der Waals surface area contributed by atoms with Crippen LogP contribution in [-0.2, 0) is 16.0 Å². The molecule has 6 nitrogen and oxygen atoms in total. The van der Waals surface area contributed by atoms with Gasteiger partial charge in [0.2, 0.25) is 5.91 Å². The number of ether oxygens (including phenoxy) is 1. The van der Waals surface area contributed by atoms with Gasteiger partial charge in [-0.3, -0.25) is 4.79 Å². The van der Waals surface area contributed by atoms with Crippen LogP contribution in [0.2, 0.25) is 0 Å². The van der Waals surface area contributed by atoms with Gasteiger partial charge < -0.3 is 20.3 Å². The number of hydrogen-bond acceptors (Lipinski definition) is 3. The highest BCUT2D eigenvalue weighted by Crippen LogP contribution is 1.99. The van der Waals surface area contributed by atoms with Gasteiger partial charge in [0.25, 0.3) is 0 Å². The van der Waals surface area contributed by atoms with Crippen molar-refractivity contribution < 1.29 is 9.53 Å². The highest BCUT2D eigenvalue weighted by Gasteiger charge is 2.04. The maximum Gasteiger partial charge on any atom is 0.243 e. The molecule has 0 aliphatic heterocycles. The van der Waals surface area contributed by atoms with Gasteiger partial charge in [0.1, 0.15) is 6.54 Å². The van der Waals surface area contributed by atoms with E-state index in [0.29, 0.717) is 25.0 Å². The molecule has 6 heteroatoms. The molecule has 1 amide bonds. The third kappa shape index (κ3) is 10.7. The second kappa shape index (κ2) is 13.2. The number of amides is 1. The summed E-state index contributed by atoms with van der Waals surface area (Å²) in [6, 6.07) is 10.3. The Bertz CT molecular complexity index is 530. The summed E-state index contributed by atoms with van der Waals surface area (Å²) in [6.45, 7) is 7.29. The SMILES string of the molecule is CC(C)CCOCCNC(=NCC(=O)N(C)C)NCCc1ccccc1. The zero-order chi connectivity index (χ0) is 19.2. The van der Waals surface area contributed by atoms with Gasteiger partial charge in [0, 0.05) is 33.8 Å². The summed E-state index contributed by atoms with van der Waals surface area (Å²) in [5.41, 5.74) is 1.26. The summed E-state index contributed by atoms with van der Waals surface area (Å²) in [6.07, 6.45) is 1.96. The van der Waals surface area contributed by atoms with E-state index < -0.39 is 0 Å². The first kappa shape index (κ1) is 22.0. The normalized spacial score (nSPS) is 11.5. The van der Waals surface area contributed by atoms with Crippen molar-refractivity contribution in [2.24, 2.45) is 10.9 Å². The number of rotatable bonds is 11. The van der Waals surface area contributed by atoms with Crippen molar-refractivity contribution in [2.75, 3.05) is 46.9 Å². The summed E-state index contributed by atoms with van der Waals surface area (Å²) < 4.78 is 5.61. The lowest BCUT2D eigenvalue weighted by Gasteiger charge is -2.14. The maximum atomic E-state index is 11.8. The van der Waals surface area contributed by atoms with Crippen molar-refractivity contribution in [3.63, 3.8) is 0 Å². The van der Waals surface area contributed by atoms with E-state index in [1.807, 2.05) is 18.2 Å². The minimum Gasteiger partial charge on any atom is -0.380 e. The van der Waals surface area contributed by atoms with Crippen molar-refractivity contribution in [3.8, 4) is 0 Å². The number of carbonyl (C=O) groups is 1. The van der Waals surface area contributed by atoms with Crippen LogP contribution in [0.4, 0.5) is 0 Å². The van der Waals surface area contributed by atoms with Gasteiger partial charge in [0.05, 0.1) is 6.61 Å². The second-order valence-corrected chi connectivity index (χ2v) is 6.84. The summed E-state index contributed by atoms with van der Waals surface area (Å²) in [7, 11) is 3.46. The minimum atomic E-state index is -0.0256. The number of nitrogens with one attached hydrogen (secondary N) is 2. The Morgan fingerprint density at radius 2 is 1.81 bits per heavy atom. The fourth-order valence-electron chi connectivity index (χ4n) is 2.10. The van der Waals surface area contributed by atoms with Crippen LogP contribution in [-0.4, -0.2) is 63.7 Å². The molecule has 0 unspecified atom stereocenters. The van der Waals surface area contributed by atoms with Gasteiger partial charge >= 0.3 is 0 Å². The number of hydrogen-bond donors (Lipinski definition) is 2. The molecule has 2 N–H and O–H groups in total. The zero-order valence-corrected chi connectivity index (χ0v) is 16.6. The first-order chi connectivity index (χ1) is 12.5. The molecular weight excluding hydrogens is 328 g/mol. The molecule has 1 aromatic carbocycles. The highest BCUT2D eigenvalue weighted by atomic mass is 16.5. The van der Waals surface area contributed by atoms with Crippen LogP contribution in [0.1, 0.15) is 25.8 Å². The average Bonchev–Trinajstić information content (AvgIpc) is 2.62. The Balaban J connectivity index is 2.39. The lowest BCUT2D eigenvalue weighted by atomic mass is 10.1. The van der Waals surface area contributed by atoms with Gasteiger partial charge in [-0.2, -0.15) is 0 Å². The molecule has 0 atom stereocenters. The molecule has 0 heterocycles. The van der Waals surface area contributed by atoms with Crippen molar-refractivity contribution >= 4 is 11.9 Å². The number of nitrogens with zero attached hydrogens (tertiary/aromatic N) is 2. The van der Waals surface area contributed by atoms with Gasteiger partial charge in [-0.25, -0.2) is 4.99 Å². The maximum absolute atomic E-state index is 11.8. The van der Waals surface area contributed by atoms with Crippen molar-refractivity contribution in [1.82, 2.24) is 15.5 Å². The van der Waals surface area contributed by atoms with E-state index >= 15 is 0 Å². The van der Waals surface area contributed by atoms with Crippen LogP contribution in [0, 0.1) is 5.92 Å². The molecule has 26 heavy (non-hydrogen) atoms. The van der Waals surface area contributed by atoms with Gasteiger partial charge in [-0.05, 0) is 24.3 Å². The lowest BCUT2D eigenvalue weighted by molar-refractivity contribution is -0.127.